The molecule has 0 N–H and O–H groups in total. The van der Waals surface area contributed by atoms with Gasteiger partial charge in [-0.25, -0.2) is 8.42 Å². The van der Waals surface area contributed by atoms with Crippen LogP contribution >= 0.6 is 10.7 Å². The summed E-state index contributed by atoms with van der Waals surface area (Å²) in [4.78, 5) is 4.07. The summed E-state index contributed by atoms with van der Waals surface area (Å²) in [5.41, 5.74) is 0.811. The van der Waals surface area contributed by atoms with Gasteiger partial charge in [-0.3, -0.25) is 9.55 Å². The highest BCUT2D eigenvalue weighted by Gasteiger charge is 2.25. The second kappa shape index (κ2) is 5.19. The van der Waals surface area contributed by atoms with Crippen LogP contribution in [0.1, 0.15) is 25.5 Å². The molecule has 0 radical (unpaired) electrons. The van der Waals surface area contributed by atoms with Crippen LogP contribution < -0.4 is 0 Å². The maximum Gasteiger partial charge on any atom is 0.296 e. The molecule has 0 bridgehead atoms. The molecule has 2 rings (SSSR count). The van der Waals surface area contributed by atoms with Crippen molar-refractivity contribution in [2.24, 2.45) is 0 Å². The van der Waals surface area contributed by atoms with Crippen molar-refractivity contribution >= 4 is 19.7 Å². The molecular formula is C11H10ClN5O2S. The summed E-state index contributed by atoms with van der Waals surface area (Å²) in [7, 11) is 1.34. The zero-order chi connectivity index (χ0) is 14.9. The van der Waals surface area contributed by atoms with Crippen LogP contribution in [0, 0.1) is 11.3 Å². The molecule has 20 heavy (non-hydrogen) atoms. The van der Waals surface area contributed by atoms with E-state index in [2.05, 4.69) is 15.2 Å². The average Bonchev–Trinajstić information content (AvgIpc) is 2.83. The van der Waals surface area contributed by atoms with Gasteiger partial charge in [0.05, 0.1) is 5.56 Å². The molecule has 0 amide bonds. The van der Waals surface area contributed by atoms with Crippen molar-refractivity contribution in [3.8, 4) is 17.6 Å². The highest BCUT2D eigenvalue weighted by atomic mass is 35.7. The Morgan fingerprint density at radius 2 is 2.05 bits per heavy atom. The SMILES string of the molecule is CC(C)n1c(-c2ccc(C#N)cn2)nnc1S(=O)(=O)Cl. The van der Waals surface area contributed by atoms with Gasteiger partial charge >= 0.3 is 0 Å². The molecule has 0 aliphatic carbocycles. The van der Waals surface area contributed by atoms with Gasteiger partial charge in [-0.15, -0.1) is 10.2 Å². The van der Waals surface area contributed by atoms with Gasteiger partial charge in [0, 0.05) is 22.9 Å². The van der Waals surface area contributed by atoms with Crippen LogP contribution in [0.15, 0.2) is 23.5 Å². The minimum atomic E-state index is -4.00. The van der Waals surface area contributed by atoms with E-state index >= 15 is 0 Å². The van der Waals surface area contributed by atoms with Gasteiger partial charge in [0.1, 0.15) is 11.8 Å². The molecule has 9 heteroatoms. The number of hydrogen-bond acceptors (Lipinski definition) is 6. The van der Waals surface area contributed by atoms with Crippen LogP contribution in [-0.4, -0.2) is 28.2 Å². The molecule has 0 atom stereocenters. The minimum Gasteiger partial charge on any atom is -0.293 e. The van der Waals surface area contributed by atoms with Gasteiger partial charge in [-0.1, -0.05) is 0 Å². The van der Waals surface area contributed by atoms with Gasteiger partial charge in [-0.05, 0) is 26.0 Å². The molecule has 0 unspecified atom stereocenters. The van der Waals surface area contributed by atoms with E-state index in [9.17, 15) is 8.42 Å². The van der Waals surface area contributed by atoms with E-state index < -0.39 is 9.05 Å². The second-order valence-electron chi connectivity index (χ2n) is 4.25. The average molecular weight is 312 g/mol. The first-order valence-electron chi connectivity index (χ1n) is 5.60. The summed E-state index contributed by atoms with van der Waals surface area (Å²) in [6.07, 6.45) is 1.38. The second-order valence-corrected chi connectivity index (χ2v) is 6.71. The van der Waals surface area contributed by atoms with Crippen molar-refractivity contribution in [3.05, 3.63) is 23.9 Å². The Balaban J connectivity index is 2.63. The lowest BCUT2D eigenvalue weighted by molar-refractivity contribution is 0.530. The predicted molar refractivity (Wildman–Crippen MR) is 71.4 cm³/mol. The summed E-state index contributed by atoms with van der Waals surface area (Å²) in [6.45, 7) is 3.56. The number of pyridine rings is 1. The van der Waals surface area contributed by atoms with E-state index in [4.69, 9.17) is 15.9 Å². The van der Waals surface area contributed by atoms with E-state index in [0.717, 1.165) is 0 Å². The predicted octanol–water partition coefficient (Wildman–Crippen LogP) is 1.72. The Morgan fingerprint density at radius 1 is 1.35 bits per heavy atom. The fourth-order valence-corrected chi connectivity index (χ4v) is 2.66. The largest absolute Gasteiger partial charge is 0.296 e. The van der Waals surface area contributed by atoms with E-state index in [1.165, 1.54) is 10.8 Å². The molecule has 0 saturated heterocycles. The third-order valence-electron chi connectivity index (χ3n) is 2.52. The number of hydrogen-bond donors (Lipinski definition) is 0. The number of nitrogens with zero attached hydrogens (tertiary/aromatic N) is 5. The molecule has 104 valence electrons. The standard InChI is InChI=1S/C11H10ClN5O2S/c1-7(2)17-10(15-16-11(17)20(12,18)19)9-4-3-8(5-13)6-14-9/h3-4,6-7H,1-2H3. The van der Waals surface area contributed by atoms with Crippen molar-refractivity contribution in [1.82, 2.24) is 19.7 Å². The smallest absolute Gasteiger partial charge is 0.293 e. The number of rotatable bonds is 3. The fourth-order valence-electron chi connectivity index (χ4n) is 1.68. The lowest BCUT2D eigenvalue weighted by Crippen LogP contribution is -2.10. The summed E-state index contributed by atoms with van der Waals surface area (Å²) in [5.74, 6) is 0.281. The van der Waals surface area contributed by atoms with Gasteiger partial charge < -0.3 is 0 Å². The Labute approximate surface area is 120 Å². The molecular weight excluding hydrogens is 302 g/mol. The number of aromatic nitrogens is 4. The highest BCUT2D eigenvalue weighted by Crippen LogP contribution is 2.25. The lowest BCUT2D eigenvalue weighted by Gasteiger charge is -2.11. The monoisotopic (exact) mass is 311 g/mol. The molecule has 0 saturated carbocycles. The van der Waals surface area contributed by atoms with Gasteiger partial charge in [0.25, 0.3) is 14.2 Å². The van der Waals surface area contributed by atoms with Crippen molar-refractivity contribution < 1.29 is 8.42 Å². The first-order chi connectivity index (χ1) is 9.34. The summed E-state index contributed by atoms with van der Waals surface area (Å²) in [6, 6.07) is 4.87. The van der Waals surface area contributed by atoms with Crippen LogP contribution in [0.25, 0.3) is 11.5 Å². The molecule has 0 aliphatic rings. The fraction of sp³-hybridized carbons (Fsp3) is 0.273. The van der Waals surface area contributed by atoms with Crippen LogP contribution in [-0.2, 0) is 9.05 Å². The quantitative estimate of drug-likeness (QED) is 0.800. The highest BCUT2D eigenvalue weighted by molar-refractivity contribution is 8.13. The maximum absolute atomic E-state index is 11.5. The van der Waals surface area contributed by atoms with Gasteiger partial charge in [0.15, 0.2) is 5.82 Å². The first-order valence-corrected chi connectivity index (χ1v) is 7.91. The van der Waals surface area contributed by atoms with E-state index in [-0.39, 0.29) is 17.0 Å². The van der Waals surface area contributed by atoms with E-state index in [1.54, 1.807) is 26.0 Å². The first kappa shape index (κ1) is 14.4. The van der Waals surface area contributed by atoms with Crippen LogP contribution in [0.5, 0.6) is 0 Å². The van der Waals surface area contributed by atoms with Gasteiger partial charge in [-0.2, -0.15) is 5.26 Å². The molecule has 7 nitrogen and oxygen atoms in total. The molecule has 0 aliphatic heterocycles. The van der Waals surface area contributed by atoms with Crippen molar-refractivity contribution in [1.29, 1.82) is 5.26 Å². The topological polar surface area (TPSA) is 102 Å². The zero-order valence-electron chi connectivity index (χ0n) is 10.6. The molecule has 2 heterocycles. The van der Waals surface area contributed by atoms with Crippen molar-refractivity contribution in [2.45, 2.75) is 25.0 Å². The van der Waals surface area contributed by atoms with E-state index in [1.807, 2.05) is 6.07 Å². The third kappa shape index (κ3) is 2.64. The maximum atomic E-state index is 11.5. The van der Waals surface area contributed by atoms with E-state index in [0.29, 0.717) is 11.3 Å². The molecule has 2 aromatic heterocycles. The Kier molecular flexibility index (Phi) is 3.74. The summed E-state index contributed by atoms with van der Waals surface area (Å²) < 4.78 is 24.3. The number of halogens is 1. The van der Waals surface area contributed by atoms with Crippen molar-refractivity contribution in [3.63, 3.8) is 0 Å². The molecule has 0 fully saturated rings. The number of nitriles is 1. The normalized spacial score (nSPS) is 11.6. The Hall–Kier alpha value is -1.98. The van der Waals surface area contributed by atoms with Gasteiger partial charge in [0.2, 0.25) is 0 Å². The van der Waals surface area contributed by atoms with Crippen molar-refractivity contribution in [2.75, 3.05) is 0 Å². The zero-order valence-corrected chi connectivity index (χ0v) is 12.2. The summed E-state index contributed by atoms with van der Waals surface area (Å²) in [5, 5.41) is 15.9. The molecule has 2 aromatic rings. The lowest BCUT2D eigenvalue weighted by atomic mass is 10.2. The summed E-state index contributed by atoms with van der Waals surface area (Å²) >= 11 is 0. The minimum absolute atomic E-state index is 0.221. The molecule has 0 spiro atoms. The Bertz CT molecular complexity index is 774. The van der Waals surface area contributed by atoms with Crippen LogP contribution in [0.4, 0.5) is 0 Å². The van der Waals surface area contributed by atoms with Crippen LogP contribution in [0.2, 0.25) is 0 Å². The molecule has 0 aromatic carbocycles. The van der Waals surface area contributed by atoms with Crippen LogP contribution in [0.3, 0.4) is 0 Å². The third-order valence-corrected chi connectivity index (χ3v) is 3.65. The Morgan fingerprint density at radius 3 is 2.50 bits per heavy atom.